The summed E-state index contributed by atoms with van der Waals surface area (Å²) in [6.45, 7) is 1.81. The van der Waals surface area contributed by atoms with E-state index in [1.54, 1.807) is 7.11 Å². The number of benzene rings is 1. The zero-order valence-electron chi connectivity index (χ0n) is 11.9. The third-order valence-corrected chi connectivity index (χ3v) is 3.64. The van der Waals surface area contributed by atoms with E-state index in [0.717, 1.165) is 24.6 Å². The number of nitrogens with zero attached hydrogens (tertiary/aromatic N) is 1. The SMILES string of the molecule is COc1ccc(CNCCCC2CC2)cc1/C(N)=N/O. The Kier molecular flexibility index (Phi) is 5.24. The topological polar surface area (TPSA) is 79.9 Å². The van der Waals surface area contributed by atoms with Gasteiger partial charge in [0, 0.05) is 6.54 Å². The lowest BCUT2D eigenvalue weighted by Gasteiger charge is -2.10. The zero-order chi connectivity index (χ0) is 14.4. The number of oxime groups is 1. The predicted molar refractivity (Wildman–Crippen MR) is 79.2 cm³/mol. The number of nitrogens with two attached hydrogens (primary N) is 1. The summed E-state index contributed by atoms with van der Waals surface area (Å²) in [6.07, 6.45) is 5.40. The summed E-state index contributed by atoms with van der Waals surface area (Å²) in [5.41, 5.74) is 7.37. The van der Waals surface area contributed by atoms with E-state index in [2.05, 4.69) is 10.5 Å². The van der Waals surface area contributed by atoms with Crippen LogP contribution in [0.15, 0.2) is 23.4 Å². The molecule has 1 aliphatic rings. The van der Waals surface area contributed by atoms with Gasteiger partial charge in [-0.3, -0.25) is 0 Å². The van der Waals surface area contributed by atoms with E-state index in [9.17, 15) is 0 Å². The average molecular weight is 277 g/mol. The van der Waals surface area contributed by atoms with Gasteiger partial charge in [-0.15, -0.1) is 0 Å². The van der Waals surface area contributed by atoms with Gasteiger partial charge in [-0.25, -0.2) is 0 Å². The number of hydrogen-bond acceptors (Lipinski definition) is 4. The molecule has 0 spiro atoms. The van der Waals surface area contributed by atoms with Crippen LogP contribution >= 0.6 is 0 Å². The van der Waals surface area contributed by atoms with E-state index in [4.69, 9.17) is 15.7 Å². The highest BCUT2D eigenvalue weighted by atomic mass is 16.5. The number of methoxy groups -OCH3 is 1. The van der Waals surface area contributed by atoms with Crippen LogP contribution in [0, 0.1) is 5.92 Å². The van der Waals surface area contributed by atoms with Gasteiger partial charge in [-0.05, 0) is 43.0 Å². The number of amidine groups is 1. The molecule has 0 aliphatic heterocycles. The molecule has 0 saturated heterocycles. The molecule has 1 saturated carbocycles. The van der Waals surface area contributed by atoms with Crippen LogP contribution in [0.25, 0.3) is 0 Å². The highest BCUT2D eigenvalue weighted by Gasteiger charge is 2.19. The van der Waals surface area contributed by atoms with Gasteiger partial charge in [-0.1, -0.05) is 24.1 Å². The number of ether oxygens (including phenoxy) is 1. The molecular formula is C15H23N3O2. The molecule has 0 heterocycles. The Labute approximate surface area is 119 Å². The first kappa shape index (κ1) is 14.7. The Morgan fingerprint density at radius 3 is 2.95 bits per heavy atom. The molecule has 0 aromatic heterocycles. The maximum Gasteiger partial charge on any atom is 0.173 e. The predicted octanol–water partition coefficient (Wildman–Crippen LogP) is 2.07. The van der Waals surface area contributed by atoms with Gasteiger partial charge in [0.15, 0.2) is 5.84 Å². The monoisotopic (exact) mass is 277 g/mol. The lowest BCUT2D eigenvalue weighted by Crippen LogP contribution is -2.17. The van der Waals surface area contributed by atoms with Crippen LogP contribution in [-0.4, -0.2) is 24.7 Å². The molecule has 0 radical (unpaired) electrons. The van der Waals surface area contributed by atoms with Crippen LogP contribution in [0.1, 0.15) is 36.8 Å². The number of hydrogen-bond donors (Lipinski definition) is 3. The summed E-state index contributed by atoms with van der Waals surface area (Å²) in [7, 11) is 1.57. The van der Waals surface area contributed by atoms with Gasteiger partial charge in [0.2, 0.25) is 0 Å². The van der Waals surface area contributed by atoms with E-state index >= 15 is 0 Å². The maximum absolute atomic E-state index is 8.79. The standard InChI is InChI=1S/C15H23N3O2/c1-20-14-7-6-12(9-13(14)15(16)18-19)10-17-8-2-3-11-4-5-11/h6-7,9,11,17,19H,2-5,8,10H2,1H3,(H2,16,18). The van der Waals surface area contributed by atoms with Gasteiger partial charge < -0.3 is 21.0 Å². The Balaban J connectivity index is 1.87. The Morgan fingerprint density at radius 2 is 2.30 bits per heavy atom. The second-order valence-electron chi connectivity index (χ2n) is 5.28. The van der Waals surface area contributed by atoms with Crippen molar-refractivity contribution in [1.29, 1.82) is 0 Å². The second-order valence-corrected chi connectivity index (χ2v) is 5.28. The summed E-state index contributed by atoms with van der Waals surface area (Å²) in [5.74, 6) is 1.67. The molecule has 4 N–H and O–H groups in total. The molecule has 1 aromatic rings. The summed E-state index contributed by atoms with van der Waals surface area (Å²) >= 11 is 0. The van der Waals surface area contributed by atoms with Gasteiger partial charge >= 0.3 is 0 Å². The van der Waals surface area contributed by atoms with Crippen molar-refractivity contribution in [2.24, 2.45) is 16.8 Å². The van der Waals surface area contributed by atoms with E-state index in [1.165, 1.54) is 25.7 Å². The Bertz CT molecular complexity index is 470. The largest absolute Gasteiger partial charge is 0.496 e. The lowest BCUT2D eigenvalue weighted by molar-refractivity contribution is 0.318. The average Bonchev–Trinajstić information content (AvgIpc) is 3.30. The van der Waals surface area contributed by atoms with Gasteiger partial charge in [-0.2, -0.15) is 0 Å². The molecule has 0 atom stereocenters. The highest BCUT2D eigenvalue weighted by Crippen LogP contribution is 2.33. The summed E-state index contributed by atoms with van der Waals surface area (Å²) in [5, 5.41) is 15.3. The molecule has 2 rings (SSSR count). The molecule has 5 heteroatoms. The minimum atomic E-state index is 0.0671. The molecule has 110 valence electrons. The molecule has 5 nitrogen and oxygen atoms in total. The molecule has 1 fully saturated rings. The fourth-order valence-corrected chi connectivity index (χ4v) is 2.27. The van der Waals surface area contributed by atoms with Crippen molar-refractivity contribution in [3.8, 4) is 5.75 Å². The van der Waals surface area contributed by atoms with Crippen molar-refractivity contribution < 1.29 is 9.94 Å². The van der Waals surface area contributed by atoms with E-state index in [1.807, 2.05) is 18.2 Å². The minimum absolute atomic E-state index is 0.0671. The smallest absolute Gasteiger partial charge is 0.173 e. The van der Waals surface area contributed by atoms with Crippen LogP contribution in [0.3, 0.4) is 0 Å². The molecule has 0 amide bonds. The minimum Gasteiger partial charge on any atom is -0.496 e. The quantitative estimate of drug-likeness (QED) is 0.223. The van der Waals surface area contributed by atoms with Crippen LogP contribution in [0.2, 0.25) is 0 Å². The molecular weight excluding hydrogens is 254 g/mol. The lowest BCUT2D eigenvalue weighted by atomic mass is 10.1. The summed E-state index contributed by atoms with van der Waals surface area (Å²) in [4.78, 5) is 0. The van der Waals surface area contributed by atoms with Crippen LogP contribution in [0.5, 0.6) is 5.75 Å². The van der Waals surface area contributed by atoms with Crippen molar-refractivity contribution in [3.05, 3.63) is 29.3 Å². The molecule has 0 bridgehead atoms. The van der Waals surface area contributed by atoms with Crippen molar-refractivity contribution in [1.82, 2.24) is 5.32 Å². The molecule has 1 aromatic carbocycles. The number of rotatable bonds is 8. The van der Waals surface area contributed by atoms with E-state index < -0.39 is 0 Å². The summed E-state index contributed by atoms with van der Waals surface area (Å²) < 4.78 is 5.21. The molecule has 20 heavy (non-hydrogen) atoms. The zero-order valence-corrected chi connectivity index (χ0v) is 11.9. The normalized spacial score (nSPS) is 15.3. The Hall–Kier alpha value is -1.75. The van der Waals surface area contributed by atoms with Gasteiger partial charge in [0.25, 0.3) is 0 Å². The summed E-state index contributed by atoms with van der Waals surface area (Å²) in [6, 6.07) is 5.72. The van der Waals surface area contributed by atoms with E-state index in [-0.39, 0.29) is 5.84 Å². The first-order chi connectivity index (χ1) is 9.74. The molecule has 0 unspecified atom stereocenters. The third-order valence-electron chi connectivity index (χ3n) is 3.64. The highest BCUT2D eigenvalue weighted by molar-refractivity contribution is 5.99. The first-order valence-electron chi connectivity index (χ1n) is 7.10. The van der Waals surface area contributed by atoms with Crippen LogP contribution < -0.4 is 15.8 Å². The van der Waals surface area contributed by atoms with E-state index in [0.29, 0.717) is 11.3 Å². The first-order valence-corrected chi connectivity index (χ1v) is 7.10. The fourth-order valence-electron chi connectivity index (χ4n) is 2.27. The molecule has 1 aliphatic carbocycles. The van der Waals surface area contributed by atoms with Gasteiger partial charge in [0.1, 0.15) is 5.75 Å². The van der Waals surface area contributed by atoms with Crippen molar-refractivity contribution in [2.75, 3.05) is 13.7 Å². The number of nitrogens with one attached hydrogen (secondary N) is 1. The Morgan fingerprint density at radius 1 is 1.50 bits per heavy atom. The van der Waals surface area contributed by atoms with Crippen LogP contribution in [0.4, 0.5) is 0 Å². The van der Waals surface area contributed by atoms with Gasteiger partial charge in [0.05, 0.1) is 12.7 Å². The maximum atomic E-state index is 8.79. The van der Waals surface area contributed by atoms with Crippen molar-refractivity contribution >= 4 is 5.84 Å². The third kappa shape index (κ3) is 4.13. The van der Waals surface area contributed by atoms with Crippen LogP contribution in [-0.2, 0) is 6.54 Å². The fraction of sp³-hybridized carbons (Fsp3) is 0.533. The second kappa shape index (κ2) is 7.14. The van der Waals surface area contributed by atoms with Crippen molar-refractivity contribution in [2.45, 2.75) is 32.2 Å². The van der Waals surface area contributed by atoms with Crippen molar-refractivity contribution in [3.63, 3.8) is 0 Å².